The average Bonchev–Trinajstić information content (AvgIpc) is 1.62. The zero-order valence-corrected chi connectivity index (χ0v) is 80.1. The number of benzene rings is 25. The molecule has 30 aromatic rings. The fourth-order valence-corrected chi connectivity index (χ4v) is 26.9. The Labute approximate surface area is 837 Å². The first-order chi connectivity index (χ1) is 70.9. The molecule has 0 aliphatic rings. The van der Waals surface area contributed by atoms with E-state index in [1.165, 1.54) is 269 Å². The Morgan fingerprint density at radius 2 is 0.378 bits per heavy atom. The van der Waals surface area contributed by atoms with E-state index in [9.17, 15) is 0 Å². The zero-order valence-electron chi connectivity index (χ0n) is 77.6. The number of para-hydroxylation sites is 1. The van der Waals surface area contributed by atoms with Crippen molar-refractivity contribution in [2.75, 3.05) is 0 Å². The Hall–Kier alpha value is -17.7. The third-order valence-electron chi connectivity index (χ3n) is 29.9. The maximum Gasteiger partial charge on any atom is 0.0547 e. The van der Waals surface area contributed by atoms with Crippen molar-refractivity contribution in [3.05, 3.63) is 510 Å². The summed E-state index contributed by atoms with van der Waals surface area (Å²) < 4.78 is 12.8. The summed E-state index contributed by atoms with van der Waals surface area (Å²) in [7, 11) is 0. The van der Waals surface area contributed by atoms with E-state index in [2.05, 4.69) is 519 Å². The molecular formula is C138H84N2S3. The van der Waals surface area contributed by atoms with Gasteiger partial charge >= 0.3 is 0 Å². The van der Waals surface area contributed by atoms with Gasteiger partial charge in [0.05, 0.1) is 22.1 Å². The van der Waals surface area contributed by atoms with Crippen molar-refractivity contribution in [2.45, 2.75) is 0 Å². The van der Waals surface area contributed by atoms with Gasteiger partial charge in [0, 0.05) is 105 Å². The van der Waals surface area contributed by atoms with Gasteiger partial charge in [-0.25, -0.2) is 0 Å². The number of hydrogen-bond acceptors (Lipinski definition) is 3. The van der Waals surface area contributed by atoms with Crippen LogP contribution in [-0.2, 0) is 0 Å². The van der Waals surface area contributed by atoms with E-state index >= 15 is 0 Å². The first kappa shape index (κ1) is 82.4. The fourth-order valence-electron chi connectivity index (χ4n) is 23.2. The van der Waals surface area contributed by atoms with Gasteiger partial charge in [-0.1, -0.05) is 394 Å². The lowest BCUT2D eigenvalue weighted by Gasteiger charge is -2.14. The molecule has 0 N–H and O–H groups in total. The highest BCUT2D eigenvalue weighted by molar-refractivity contribution is 7.27. The summed E-state index contributed by atoms with van der Waals surface area (Å²) in [6.45, 7) is 0. The number of fused-ring (bicyclic) bond motifs is 27. The lowest BCUT2D eigenvalue weighted by Crippen LogP contribution is -1.95. The molecule has 0 aliphatic carbocycles. The molecular weight excluding hydrogens is 1780 g/mol. The topological polar surface area (TPSA) is 9.86 Å². The van der Waals surface area contributed by atoms with Crippen molar-refractivity contribution < 1.29 is 0 Å². The number of nitrogens with zero attached hydrogens (tertiary/aromatic N) is 2. The monoisotopic (exact) mass is 1860 g/mol. The predicted octanol–water partition coefficient (Wildman–Crippen LogP) is 40.3. The third-order valence-corrected chi connectivity index (χ3v) is 33.6. The Balaban J connectivity index is 0.000000150. The number of hydrogen-bond donors (Lipinski definition) is 0. The molecule has 0 fully saturated rings. The van der Waals surface area contributed by atoms with Crippen molar-refractivity contribution in [3.8, 4) is 123 Å². The van der Waals surface area contributed by atoms with Crippen LogP contribution in [0.15, 0.2) is 510 Å². The Morgan fingerprint density at radius 1 is 0.112 bits per heavy atom. The molecule has 0 unspecified atom stereocenters. The molecule has 30 rings (SSSR count). The summed E-state index contributed by atoms with van der Waals surface area (Å²) >= 11 is 5.71. The predicted molar refractivity (Wildman–Crippen MR) is 620 cm³/mol. The third kappa shape index (κ3) is 13.7. The maximum absolute atomic E-state index is 2.55. The molecule has 0 saturated heterocycles. The number of aromatic nitrogens is 2. The van der Waals surface area contributed by atoms with Crippen molar-refractivity contribution in [3.63, 3.8) is 0 Å². The summed E-state index contributed by atoms with van der Waals surface area (Å²) in [6.07, 6.45) is 0. The van der Waals surface area contributed by atoms with Crippen LogP contribution in [0.4, 0.5) is 0 Å². The van der Waals surface area contributed by atoms with E-state index < -0.39 is 0 Å². The molecule has 0 aliphatic heterocycles. The molecule has 2 nitrogen and oxygen atoms in total. The minimum Gasteiger partial charge on any atom is -0.309 e. The first-order valence-electron chi connectivity index (χ1n) is 49.1. The van der Waals surface area contributed by atoms with Crippen LogP contribution in [0.1, 0.15) is 0 Å². The highest BCUT2D eigenvalue weighted by Gasteiger charge is 2.25. The lowest BCUT2D eigenvalue weighted by molar-refractivity contribution is 1.18. The van der Waals surface area contributed by atoms with Gasteiger partial charge in [0.25, 0.3) is 0 Å². The van der Waals surface area contributed by atoms with Crippen molar-refractivity contribution in [1.82, 2.24) is 9.13 Å². The van der Waals surface area contributed by atoms with Crippen LogP contribution in [0.25, 0.3) is 291 Å². The van der Waals surface area contributed by atoms with Gasteiger partial charge < -0.3 is 9.13 Å². The van der Waals surface area contributed by atoms with E-state index in [0.29, 0.717) is 0 Å². The minimum absolute atomic E-state index is 1.11. The molecule has 5 heteroatoms. The second-order valence-electron chi connectivity index (χ2n) is 37.9. The molecule has 5 aromatic heterocycles. The second-order valence-corrected chi connectivity index (χ2v) is 41.0. The van der Waals surface area contributed by atoms with Crippen LogP contribution < -0.4 is 0 Å². The van der Waals surface area contributed by atoms with Crippen molar-refractivity contribution >= 4 is 203 Å². The van der Waals surface area contributed by atoms with E-state index in [1.54, 1.807) is 0 Å². The normalized spacial score (nSPS) is 11.9. The standard InChI is InChI=1S/C84H51NS2.C54H33NS/c1-5-18-52(19-6-1)57-35-40-81-75(44-57)77-48-62(54-22-9-3-10-23-54)46-72(83(77)86-81)60-33-38-70-71-39-34-61(73-47-63(55-24-11-4-12-25-55)49-78-76-45-58(53-20-7-2-8-21-53)36-41-82(76)87-84(73)78)51-80(71)85(79(70)50-60)64-27-17-26-56(42-64)59-32-37-69-67-30-14-13-28-65(67)66-29-15-16-31-68(66)74(69)43-59;1-2-13-34(14-3-1)39-22-11-24-47-48-25-12-23-40(54(48)56-53(39)47)37-28-30-52-50(33-37)46-21-8-9-26-51(46)55(52)38-16-10-15-35(31-38)36-27-29-45-43-19-5-4-17-41(43)42-18-6-7-20-44(42)49(45)32-36/h1-51H;1-33H. The van der Waals surface area contributed by atoms with Gasteiger partial charge in [0.2, 0.25) is 0 Å². The van der Waals surface area contributed by atoms with Gasteiger partial charge in [-0.15, -0.1) is 34.0 Å². The van der Waals surface area contributed by atoms with Gasteiger partial charge in [-0.3, -0.25) is 0 Å². The average molecular weight is 1870 g/mol. The zero-order chi connectivity index (χ0) is 93.8. The number of rotatable bonds is 12. The molecule has 0 amide bonds. The van der Waals surface area contributed by atoms with Gasteiger partial charge in [0.15, 0.2) is 0 Å². The van der Waals surface area contributed by atoms with Crippen LogP contribution in [0, 0.1) is 0 Å². The van der Waals surface area contributed by atoms with E-state index in [0.717, 1.165) is 22.4 Å². The molecule has 0 bridgehead atoms. The quantitative estimate of drug-likeness (QED) is 0.108. The van der Waals surface area contributed by atoms with E-state index in [1.807, 2.05) is 34.0 Å². The molecule has 0 saturated carbocycles. The van der Waals surface area contributed by atoms with Gasteiger partial charge in [0.1, 0.15) is 0 Å². The highest BCUT2D eigenvalue weighted by Crippen LogP contribution is 2.52. The van der Waals surface area contributed by atoms with Crippen molar-refractivity contribution in [1.29, 1.82) is 0 Å². The maximum atomic E-state index is 2.55. The SMILES string of the molecule is c1ccc(-c2ccc3sc4c(-c5ccc6c7ccc(-c8cc(-c9ccccc9)cc9c8sc8ccc(-c%10ccccc%10)cc89)cc7n(-c7cccc(-c8ccc9c%10ccccc%10c%10ccccc%10c9c8)c7)c6c5)cc(-c5ccccc5)cc4c3c2)cc1.c1ccc(-c2cccc3c2sc2c(-c4ccc5c(c4)c4ccccc4n5-c4cccc(-c5ccc6c7ccccc7c7ccccc7c6c5)c4)cccc23)cc1. The lowest BCUT2D eigenvalue weighted by atomic mass is 9.92. The Bertz CT molecular complexity index is 10200. The Morgan fingerprint density at radius 3 is 0.818 bits per heavy atom. The van der Waals surface area contributed by atoms with E-state index in [4.69, 9.17) is 0 Å². The molecule has 0 radical (unpaired) electrons. The first-order valence-corrected chi connectivity index (χ1v) is 51.6. The van der Waals surface area contributed by atoms with Crippen LogP contribution in [0.3, 0.4) is 0 Å². The second kappa shape index (κ2) is 33.6. The van der Waals surface area contributed by atoms with Crippen LogP contribution >= 0.6 is 34.0 Å². The molecule has 0 atom stereocenters. The summed E-state index contributed by atoms with van der Waals surface area (Å²) in [4.78, 5) is 0. The van der Waals surface area contributed by atoms with Gasteiger partial charge in [-0.2, -0.15) is 0 Å². The fraction of sp³-hybridized carbons (Fsp3) is 0. The van der Waals surface area contributed by atoms with Gasteiger partial charge in [-0.05, 0) is 280 Å². The molecule has 5 heterocycles. The summed E-state index contributed by atoms with van der Waals surface area (Å²) in [5.74, 6) is 0. The smallest absolute Gasteiger partial charge is 0.0547 e. The molecule has 143 heavy (non-hydrogen) atoms. The Kier molecular flexibility index (Phi) is 19.3. The highest BCUT2D eigenvalue weighted by atomic mass is 32.1. The molecule has 25 aromatic carbocycles. The molecule has 664 valence electrons. The van der Waals surface area contributed by atoms with Crippen LogP contribution in [0.5, 0.6) is 0 Å². The summed E-state index contributed by atoms with van der Waals surface area (Å²) in [5, 5.41) is 28.1. The summed E-state index contributed by atoms with van der Waals surface area (Å²) in [6, 6.07) is 189. The summed E-state index contributed by atoms with van der Waals surface area (Å²) in [5.41, 5.74) is 31.4. The number of thiophene rings is 3. The van der Waals surface area contributed by atoms with Crippen LogP contribution in [0.2, 0.25) is 0 Å². The minimum atomic E-state index is 1.11. The molecule has 0 spiro atoms. The largest absolute Gasteiger partial charge is 0.309 e. The van der Waals surface area contributed by atoms with Crippen LogP contribution in [-0.4, -0.2) is 9.13 Å². The van der Waals surface area contributed by atoms with Crippen molar-refractivity contribution in [2.24, 2.45) is 0 Å². The van der Waals surface area contributed by atoms with E-state index in [-0.39, 0.29) is 0 Å².